The molecule has 0 aliphatic heterocycles. The van der Waals surface area contributed by atoms with Crippen LogP contribution in [0.15, 0.2) is 17.5 Å². The van der Waals surface area contributed by atoms with Crippen molar-refractivity contribution >= 4 is 49.4 Å². The third kappa shape index (κ3) is 3.97. The minimum absolute atomic E-state index is 0.0990. The lowest BCUT2D eigenvalue weighted by Gasteiger charge is -2.03. The van der Waals surface area contributed by atoms with E-state index in [1.54, 1.807) is 29.8 Å². The molecule has 0 amide bonds. The number of nitrogens with zero attached hydrogens (tertiary/aromatic N) is 1. The van der Waals surface area contributed by atoms with Gasteiger partial charge in [-0.05, 0) is 36.3 Å². The molecule has 3 heterocycles. The Labute approximate surface area is 153 Å². The lowest BCUT2D eigenvalue weighted by molar-refractivity contribution is 0.240. The van der Waals surface area contributed by atoms with Crippen LogP contribution in [0, 0.1) is 11.8 Å². The molecule has 0 fully saturated rings. The summed E-state index contributed by atoms with van der Waals surface area (Å²) < 4.78 is 10.8. The van der Waals surface area contributed by atoms with E-state index in [2.05, 4.69) is 39.0 Å². The van der Waals surface area contributed by atoms with Crippen molar-refractivity contribution in [2.75, 3.05) is 19.0 Å². The maximum atomic E-state index is 6.00. The fraction of sp³-hybridized carbons (Fsp3) is 0.353. The molecule has 24 heavy (non-hydrogen) atoms. The summed E-state index contributed by atoms with van der Waals surface area (Å²) in [5, 5.41) is 6.70. The molecule has 126 valence electrons. The van der Waals surface area contributed by atoms with Gasteiger partial charge in [-0.2, -0.15) is 4.37 Å². The number of nitrogens with two attached hydrogens (primary N) is 1. The quantitative estimate of drug-likeness (QED) is 0.639. The van der Waals surface area contributed by atoms with Crippen molar-refractivity contribution in [3.8, 4) is 11.8 Å². The van der Waals surface area contributed by atoms with Gasteiger partial charge in [-0.3, -0.25) is 0 Å². The summed E-state index contributed by atoms with van der Waals surface area (Å²) in [5.41, 5.74) is 7.99. The van der Waals surface area contributed by atoms with Crippen LogP contribution in [0.3, 0.4) is 0 Å². The highest BCUT2D eigenvalue weighted by molar-refractivity contribution is 7.24. The van der Waals surface area contributed by atoms with Crippen LogP contribution in [0.25, 0.3) is 10.2 Å². The van der Waals surface area contributed by atoms with Crippen molar-refractivity contribution < 1.29 is 4.74 Å². The van der Waals surface area contributed by atoms with Gasteiger partial charge in [0.2, 0.25) is 0 Å². The molecule has 3 N–H and O–H groups in total. The van der Waals surface area contributed by atoms with E-state index in [9.17, 15) is 0 Å². The average molecular weight is 378 g/mol. The minimum Gasteiger partial charge on any atom is -0.372 e. The molecule has 0 aliphatic rings. The molecule has 3 aromatic heterocycles. The van der Waals surface area contributed by atoms with Gasteiger partial charge in [0.05, 0.1) is 16.8 Å². The third-order valence-corrected chi connectivity index (χ3v) is 6.36. The number of nitrogens with one attached hydrogen (secondary N) is 1. The molecule has 0 aromatic carbocycles. The fourth-order valence-electron chi connectivity index (χ4n) is 2.30. The van der Waals surface area contributed by atoms with E-state index in [1.165, 1.54) is 26.0 Å². The van der Waals surface area contributed by atoms with Crippen LogP contribution in [0.1, 0.15) is 22.2 Å². The van der Waals surface area contributed by atoms with Crippen LogP contribution in [0.2, 0.25) is 0 Å². The summed E-state index contributed by atoms with van der Waals surface area (Å²) in [5.74, 6) is 6.27. The summed E-state index contributed by atoms with van der Waals surface area (Å²) >= 11 is 5.00. The minimum atomic E-state index is 0.0990. The van der Waals surface area contributed by atoms with Crippen molar-refractivity contribution in [1.82, 2.24) is 4.37 Å². The van der Waals surface area contributed by atoms with E-state index in [0.29, 0.717) is 6.61 Å². The second-order valence-electron chi connectivity index (χ2n) is 5.44. The highest BCUT2D eigenvalue weighted by Crippen LogP contribution is 2.39. The molecule has 4 nitrogen and oxygen atoms in total. The van der Waals surface area contributed by atoms with Gasteiger partial charge in [0.25, 0.3) is 0 Å². The Bertz CT molecular complexity index is 853. The number of hydrogen-bond acceptors (Lipinski definition) is 7. The van der Waals surface area contributed by atoms with Gasteiger partial charge in [0.15, 0.2) is 0 Å². The van der Waals surface area contributed by atoms with Gasteiger partial charge in [-0.25, -0.2) is 0 Å². The second-order valence-corrected chi connectivity index (χ2v) is 8.35. The first kappa shape index (κ1) is 17.4. The van der Waals surface area contributed by atoms with Crippen LogP contribution in [-0.2, 0) is 17.7 Å². The molecule has 3 aromatic rings. The summed E-state index contributed by atoms with van der Waals surface area (Å²) in [7, 11) is 1.65. The topological polar surface area (TPSA) is 60.2 Å². The Hall–Kier alpha value is -1.43. The molecular weight excluding hydrogens is 358 g/mol. The molecular formula is C17H19N3OS3. The van der Waals surface area contributed by atoms with Crippen molar-refractivity contribution in [2.45, 2.75) is 25.9 Å². The largest absolute Gasteiger partial charge is 0.372 e. The number of anilines is 1. The monoisotopic (exact) mass is 377 g/mol. The number of ether oxygens (including phenoxy) is 1. The fourth-order valence-corrected chi connectivity index (χ4v) is 5.17. The molecule has 7 heteroatoms. The van der Waals surface area contributed by atoms with Gasteiger partial charge in [-0.1, -0.05) is 17.9 Å². The average Bonchev–Trinajstić information content (AvgIpc) is 3.24. The highest BCUT2D eigenvalue weighted by atomic mass is 32.1. The van der Waals surface area contributed by atoms with Crippen molar-refractivity contribution in [3.63, 3.8) is 0 Å². The second kappa shape index (κ2) is 8.10. The van der Waals surface area contributed by atoms with Gasteiger partial charge in [0, 0.05) is 22.9 Å². The Kier molecular flexibility index (Phi) is 5.87. The zero-order valence-corrected chi connectivity index (χ0v) is 16.0. The van der Waals surface area contributed by atoms with Gasteiger partial charge < -0.3 is 15.8 Å². The van der Waals surface area contributed by atoms with Crippen LogP contribution in [-0.4, -0.2) is 24.1 Å². The molecule has 0 aliphatic carbocycles. The number of rotatable bonds is 6. The molecule has 0 unspecified atom stereocenters. The molecule has 0 radical (unpaired) electrons. The van der Waals surface area contributed by atoms with E-state index < -0.39 is 0 Å². The molecule has 0 spiro atoms. The van der Waals surface area contributed by atoms with Crippen molar-refractivity contribution in [2.24, 2.45) is 5.73 Å². The Morgan fingerprint density at radius 2 is 2.33 bits per heavy atom. The summed E-state index contributed by atoms with van der Waals surface area (Å²) in [6, 6.07) is 4.30. The zero-order valence-electron chi connectivity index (χ0n) is 13.6. The Morgan fingerprint density at radius 1 is 1.46 bits per heavy atom. The highest BCUT2D eigenvalue weighted by Gasteiger charge is 2.18. The van der Waals surface area contributed by atoms with Crippen LogP contribution >= 0.6 is 34.2 Å². The maximum Gasteiger partial charge on any atom is 0.127 e. The maximum absolute atomic E-state index is 6.00. The number of fused-ring (bicyclic) bond motifs is 1. The molecule has 0 saturated carbocycles. The van der Waals surface area contributed by atoms with E-state index in [-0.39, 0.29) is 6.04 Å². The van der Waals surface area contributed by atoms with Crippen molar-refractivity contribution in [3.05, 3.63) is 32.8 Å². The van der Waals surface area contributed by atoms with Crippen molar-refractivity contribution in [1.29, 1.82) is 0 Å². The molecule has 1 atom stereocenters. The predicted molar refractivity (Wildman–Crippen MR) is 105 cm³/mol. The third-order valence-electron chi connectivity index (χ3n) is 3.33. The zero-order chi connectivity index (χ0) is 16.9. The first-order chi connectivity index (χ1) is 11.7. The first-order valence-corrected chi connectivity index (χ1v) is 10.1. The van der Waals surface area contributed by atoms with Gasteiger partial charge in [0.1, 0.15) is 17.1 Å². The van der Waals surface area contributed by atoms with E-state index in [1.807, 2.05) is 6.92 Å². The number of methoxy groups -OCH3 is 1. The smallest absolute Gasteiger partial charge is 0.127 e. The predicted octanol–water partition coefficient (Wildman–Crippen LogP) is 3.92. The summed E-state index contributed by atoms with van der Waals surface area (Å²) in [4.78, 5) is 2.52. The Balaban J connectivity index is 1.91. The van der Waals surface area contributed by atoms with E-state index in [4.69, 9.17) is 10.5 Å². The molecule has 0 saturated heterocycles. The SMILES string of the molecule is COCC#Cc1c(C[C@H](C)N)sc2c(NCc3cccs3)snc12. The lowest BCUT2D eigenvalue weighted by atomic mass is 10.1. The molecule has 0 bridgehead atoms. The van der Waals surface area contributed by atoms with Crippen LogP contribution < -0.4 is 11.1 Å². The number of thiophene rings is 2. The standard InChI is InChI=1S/C17H19N3OS3/c1-11(18)9-14-13(6-3-7-21-2)15-16(23-14)17(24-20-15)19-10-12-5-4-8-22-12/h4-5,8,11,19H,7,9-10,18H2,1-2H3/t11-/m0/s1. The van der Waals surface area contributed by atoms with E-state index >= 15 is 0 Å². The van der Waals surface area contributed by atoms with Gasteiger partial charge >= 0.3 is 0 Å². The van der Waals surface area contributed by atoms with Gasteiger partial charge in [-0.15, -0.1) is 22.7 Å². The lowest BCUT2D eigenvalue weighted by Crippen LogP contribution is -2.17. The number of hydrogen-bond donors (Lipinski definition) is 2. The summed E-state index contributed by atoms with van der Waals surface area (Å²) in [6.45, 7) is 3.26. The van der Waals surface area contributed by atoms with Crippen LogP contribution in [0.4, 0.5) is 5.00 Å². The number of aromatic nitrogens is 1. The summed E-state index contributed by atoms with van der Waals surface area (Å²) in [6.07, 6.45) is 0.813. The first-order valence-electron chi connectivity index (χ1n) is 7.59. The normalized spacial score (nSPS) is 12.1. The Morgan fingerprint density at radius 3 is 3.04 bits per heavy atom. The molecule has 3 rings (SSSR count). The van der Waals surface area contributed by atoms with Crippen LogP contribution in [0.5, 0.6) is 0 Å². The van der Waals surface area contributed by atoms with E-state index in [0.717, 1.165) is 29.0 Å².